The van der Waals surface area contributed by atoms with Crippen LogP contribution in [-0.2, 0) is 0 Å². The van der Waals surface area contributed by atoms with Gasteiger partial charge in [-0.3, -0.25) is 9.69 Å². The number of piperidine rings is 1. The Bertz CT molecular complexity index is 831. The first-order valence-corrected chi connectivity index (χ1v) is 10.5. The Hall–Kier alpha value is -2.60. The summed E-state index contributed by atoms with van der Waals surface area (Å²) in [4.78, 5) is 24.3. The monoisotopic (exact) mass is 394 g/mol. The fourth-order valence-electron chi connectivity index (χ4n) is 4.40. The number of aryl methyl sites for hydroxylation is 1. The third kappa shape index (κ3) is 4.53. The summed E-state index contributed by atoms with van der Waals surface area (Å²) in [5, 5.41) is 0. The zero-order valence-electron chi connectivity index (χ0n) is 17.4. The van der Waals surface area contributed by atoms with Crippen LogP contribution in [0.25, 0.3) is 0 Å². The highest BCUT2D eigenvalue weighted by Gasteiger charge is 2.30. The molecule has 1 amide bonds. The number of hydrogen-bond acceptors (Lipinski definition) is 5. The second kappa shape index (κ2) is 8.82. The Balaban J connectivity index is 1.34. The minimum atomic E-state index is 0.0651. The minimum Gasteiger partial charge on any atom is -0.497 e. The Morgan fingerprint density at radius 2 is 1.79 bits per heavy atom. The predicted molar refractivity (Wildman–Crippen MR) is 115 cm³/mol. The number of nitrogens with zero attached hydrogens (tertiary/aromatic N) is 4. The van der Waals surface area contributed by atoms with Crippen LogP contribution in [0.2, 0.25) is 0 Å². The zero-order valence-corrected chi connectivity index (χ0v) is 17.4. The minimum absolute atomic E-state index is 0.0651. The highest BCUT2D eigenvalue weighted by Crippen LogP contribution is 2.23. The van der Waals surface area contributed by atoms with Crippen molar-refractivity contribution in [3.8, 4) is 5.75 Å². The van der Waals surface area contributed by atoms with Gasteiger partial charge in [-0.1, -0.05) is 6.07 Å². The fraction of sp³-hybridized carbons (Fsp3) is 0.478. The SMILES string of the molecule is COc1ccc(N2CCN([C@H]3CCCN(C(=O)c4cccc(C)n4)C3)CC2)cc1. The highest BCUT2D eigenvalue weighted by molar-refractivity contribution is 5.92. The average molecular weight is 395 g/mol. The molecule has 0 bridgehead atoms. The van der Waals surface area contributed by atoms with E-state index in [1.807, 2.05) is 42.2 Å². The van der Waals surface area contributed by atoms with Crippen molar-refractivity contribution in [3.63, 3.8) is 0 Å². The number of rotatable bonds is 4. The first-order chi connectivity index (χ1) is 14.1. The van der Waals surface area contributed by atoms with Crippen LogP contribution in [-0.4, -0.2) is 73.1 Å². The second-order valence-electron chi connectivity index (χ2n) is 7.93. The first kappa shape index (κ1) is 19.7. The summed E-state index contributed by atoms with van der Waals surface area (Å²) < 4.78 is 5.26. The number of benzene rings is 1. The molecule has 2 fully saturated rings. The number of pyridine rings is 1. The lowest BCUT2D eigenvalue weighted by Gasteiger charge is -2.43. The zero-order chi connectivity index (χ0) is 20.2. The van der Waals surface area contributed by atoms with E-state index in [0.29, 0.717) is 11.7 Å². The van der Waals surface area contributed by atoms with Crippen molar-refractivity contribution in [1.82, 2.24) is 14.8 Å². The van der Waals surface area contributed by atoms with Gasteiger partial charge < -0.3 is 14.5 Å². The van der Waals surface area contributed by atoms with Crippen LogP contribution in [0.5, 0.6) is 5.75 Å². The molecule has 6 nitrogen and oxygen atoms in total. The quantitative estimate of drug-likeness (QED) is 0.798. The van der Waals surface area contributed by atoms with Crippen molar-refractivity contribution in [3.05, 3.63) is 53.9 Å². The molecule has 6 heteroatoms. The van der Waals surface area contributed by atoms with E-state index in [1.54, 1.807) is 7.11 Å². The summed E-state index contributed by atoms with van der Waals surface area (Å²) in [7, 11) is 1.70. The van der Waals surface area contributed by atoms with E-state index in [4.69, 9.17) is 4.74 Å². The van der Waals surface area contributed by atoms with Crippen molar-refractivity contribution in [2.24, 2.45) is 0 Å². The number of amides is 1. The molecule has 0 spiro atoms. The topological polar surface area (TPSA) is 48.9 Å². The van der Waals surface area contributed by atoms with Gasteiger partial charge in [0.25, 0.3) is 5.91 Å². The molecule has 0 radical (unpaired) electrons. The molecule has 2 aromatic rings. The average Bonchev–Trinajstić information content (AvgIpc) is 2.79. The second-order valence-corrected chi connectivity index (χ2v) is 7.93. The number of carbonyl (C=O) groups is 1. The van der Waals surface area contributed by atoms with Crippen LogP contribution in [0.4, 0.5) is 5.69 Å². The predicted octanol–water partition coefficient (Wildman–Crippen LogP) is 2.83. The van der Waals surface area contributed by atoms with Crippen LogP contribution < -0.4 is 9.64 Å². The molecule has 154 valence electrons. The van der Waals surface area contributed by atoms with Crippen LogP contribution in [0, 0.1) is 6.92 Å². The van der Waals surface area contributed by atoms with Gasteiger partial charge in [0.15, 0.2) is 0 Å². The summed E-state index contributed by atoms with van der Waals surface area (Å²) >= 11 is 0. The third-order valence-electron chi connectivity index (χ3n) is 6.06. The number of methoxy groups -OCH3 is 1. The maximum absolute atomic E-state index is 12.9. The molecule has 1 atom stereocenters. The van der Waals surface area contributed by atoms with Crippen LogP contribution in [0.1, 0.15) is 29.0 Å². The molecule has 2 saturated heterocycles. The molecular formula is C23H30N4O2. The number of carbonyl (C=O) groups excluding carboxylic acids is 1. The van der Waals surface area contributed by atoms with Crippen molar-refractivity contribution in [1.29, 1.82) is 0 Å². The summed E-state index contributed by atoms with van der Waals surface area (Å²) in [5.74, 6) is 0.956. The normalized spacial score (nSPS) is 20.6. The molecule has 1 aromatic carbocycles. The Morgan fingerprint density at radius 1 is 1.03 bits per heavy atom. The highest BCUT2D eigenvalue weighted by atomic mass is 16.5. The molecule has 0 unspecified atom stereocenters. The van der Waals surface area contributed by atoms with Crippen molar-refractivity contribution in [2.75, 3.05) is 51.3 Å². The molecule has 0 N–H and O–H groups in total. The van der Waals surface area contributed by atoms with E-state index in [2.05, 4.69) is 26.9 Å². The molecule has 1 aromatic heterocycles. The number of ether oxygens (including phenoxy) is 1. The van der Waals surface area contributed by atoms with E-state index in [-0.39, 0.29) is 5.91 Å². The van der Waals surface area contributed by atoms with Crippen LogP contribution in [0.3, 0.4) is 0 Å². The lowest BCUT2D eigenvalue weighted by molar-refractivity contribution is 0.0558. The lowest BCUT2D eigenvalue weighted by Crippen LogP contribution is -2.56. The Kier molecular flexibility index (Phi) is 6.00. The van der Waals surface area contributed by atoms with Crippen molar-refractivity contribution in [2.45, 2.75) is 25.8 Å². The largest absolute Gasteiger partial charge is 0.497 e. The van der Waals surface area contributed by atoms with Crippen molar-refractivity contribution < 1.29 is 9.53 Å². The van der Waals surface area contributed by atoms with Gasteiger partial charge in [-0.05, 0) is 56.2 Å². The van der Waals surface area contributed by atoms with Gasteiger partial charge in [-0.25, -0.2) is 4.98 Å². The van der Waals surface area contributed by atoms with Gasteiger partial charge in [0.2, 0.25) is 0 Å². The summed E-state index contributed by atoms with van der Waals surface area (Å²) in [6.07, 6.45) is 2.22. The van der Waals surface area contributed by atoms with E-state index in [1.165, 1.54) is 5.69 Å². The molecule has 3 heterocycles. The van der Waals surface area contributed by atoms with Gasteiger partial charge in [-0.2, -0.15) is 0 Å². The summed E-state index contributed by atoms with van der Waals surface area (Å²) in [5.41, 5.74) is 2.70. The molecule has 2 aliphatic rings. The van der Waals surface area contributed by atoms with E-state index in [9.17, 15) is 4.79 Å². The standard InChI is InChI=1S/C23H30N4O2/c1-18-5-3-7-22(24-18)23(28)27-12-4-6-20(17-27)26-15-13-25(14-16-26)19-8-10-21(29-2)11-9-19/h3,5,7-11,20H,4,6,12-17H2,1-2H3/t20-/m0/s1. The molecular weight excluding hydrogens is 364 g/mol. The molecule has 0 saturated carbocycles. The smallest absolute Gasteiger partial charge is 0.272 e. The van der Waals surface area contributed by atoms with Gasteiger partial charge in [0, 0.05) is 56.7 Å². The molecule has 4 rings (SSSR count). The first-order valence-electron chi connectivity index (χ1n) is 10.5. The summed E-state index contributed by atoms with van der Waals surface area (Å²) in [6.45, 7) is 7.64. The number of piperazine rings is 1. The Labute approximate surface area is 173 Å². The molecule has 2 aliphatic heterocycles. The van der Waals surface area contributed by atoms with Crippen molar-refractivity contribution >= 4 is 11.6 Å². The molecule has 29 heavy (non-hydrogen) atoms. The van der Waals surface area contributed by atoms with Gasteiger partial charge >= 0.3 is 0 Å². The maximum atomic E-state index is 12.9. The van der Waals surface area contributed by atoms with E-state index >= 15 is 0 Å². The van der Waals surface area contributed by atoms with Gasteiger partial charge in [-0.15, -0.1) is 0 Å². The number of anilines is 1. The fourth-order valence-corrected chi connectivity index (χ4v) is 4.40. The Morgan fingerprint density at radius 3 is 2.48 bits per heavy atom. The summed E-state index contributed by atoms with van der Waals surface area (Å²) in [6, 6.07) is 14.4. The molecule has 0 aliphatic carbocycles. The van der Waals surface area contributed by atoms with E-state index < -0.39 is 0 Å². The van der Waals surface area contributed by atoms with Crippen LogP contribution in [0.15, 0.2) is 42.5 Å². The van der Waals surface area contributed by atoms with Gasteiger partial charge in [0.1, 0.15) is 11.4 Å². The number of likely N-dealkylation sites (tertiary alicyclic amines) is 1. The van der Waals surface area contributed by atoms with E-state index in [0.717, 1.165) is 63.6 Å². The maximum Gasteiger partial charge on any atom is 0.272 e. The third-order valence-corrected chi connectivity index (χ3v) is 6.06. The number of aromatic nitrogens is 1. The van der Waals surface area contributed by atoms with Crippen LogP contribution >= 0.6 is 0 Å². The number of hydrogen-bond donors (Lipinski definition) is 0. The lowest BCUT2D eigenvalue weighted by atomic mass is 10.0. The van der Waals surface area contributed by atoms with Gasteiger partial charge in [0.05, 0.1) is 7.11 Å².